The van der Waals surface area contributed by atoms with E-state index < -0.39 is 0 Å². The number of hydrogen-bond donors (Lipinski definition) is 2. The lowest BCUT2D eigenvalue weighted by molar-refractivity contribution is -0.116. The molecule has 0 radical (unpaired) electrons. The molecule has 2 aromatic heterocycles. The van der Waals surface area contributed by atoms with Crippen LogP contribution in [0.5, 0.6) is 0 Å². The fourth-order valence-corrected chi connectivity index (χ4v) is 3.45. The standard InChI is InChI=1S/C18H17BrN4O2S/c19-14-4-1-3-13(11-14)12-23-16(6-9-21-23)22-17(24)7-8-20-18(25)15-5-2-10-26-15/h1-6,9-11H,7-8,12H2,(H,20,25)(H,22,24). The zero-order chi connectivity index (χ0) is 18.4. The van der Waals surface area contributed by atoms with Gasteiger partial charge in [-0.15, -0.1) is 11.3 Å². The third-order valence-corrected chi connectivity index (χ3v) is 4.95. The number of nitrogens with zero attached hydrogens (tertiary/aromatic N) is 2. The maximum Gasteiger partial charge on any atom is 0.261 e. The van der Waals surface area contributed by atoms with Gasteiger partial charge < -0.3 is 10.6 Å². The SMILES string of the molecule is O=C(CCNC(=O)c1cccs1)Nc1ccnn1Cc1cccc(Br)c1. The first-order valence-corrected chi connectivity index (χ1v) is 9.67. The molecule has 8 heteroatoms. The van der Waals surface area contributed by atoms with E-state index in [1.807, 2.05) is 35.7 Å². The minimum atomic E-state index is -0.174. The number of carbonyl (C=O) groups excluding carboxylic acids is 2. The number of halogens is 1. The van der Waals surface area contributed by atoms with Crippen LogP contribution in [-0.4, -0.2) is 28.1 Å². The number of rotatable bonds is 7. The predicted molar refractivity (Wildman–Crippen MR) is 105 cm³/mol. The smallest absolute Gasteiger partial charge is 0.261 e. The van der Waals surface area contributed by atoms with Crippen LogP contribution in [0.25, 0.3) is 0 Å². The number of nitrogens with one attached hydrogen (secondary N) is 2. The number of benzene rings is 1. The van der Waals surface area contributed by atoms with Crippen molar-refractivity contribution in [2.75, 3.05) is 11.9 Å². The number of hydrogen-bond acceptors (Lipinski definition) is 4. The molecule has 0 bridgehead atoms. The van der Waals surface area contributed by atoms with E-state index in [4.69, 9.17) is 0 Å². The second kappa shape index (κ2) is 8.77. The molecule has 0 spiro atoms. The minimum absolute atomic E-state index is 0.160. The molecule has 0 fully saturated rings. The van der Waals surface area contributed by atoms with Crippen LogP contribution in [0.1, 0.15) is 21.7 Å². The van der Waals surface area contributed by atoms with Gasteiger partial charge in [0.15, 0.2) is 0 Å². The topological polar surface area (TPSA) is 76.0 Å². The highest BCUT2D eigenvalue weighted by Gasteiger charge is 2.10. The van der Waals surface area contributed by atoms with E-state index in [1.54, 1.807) is 23.0 Å². The van der Waals surface area contributed by atoms with E-state index in [0.717, 1.165) is 10.0 Å². The first-order valence-electron chi connectivity index (χ1n) is 7.99. The summed E-state index contributed by atoms with van der Waals surface area (Å²) in [4.78, 5) is 24.6. The first-order chi connectivity index (χ1) is 12.6. The molecule has 3 rings (SSSR count). The van der Waals surface area contributed by atoms with Gasteiger partial charge in [-0.3, -0.25) is 9.59 Å². The highest BCUT2D eigenvalue weighted by Crippen LogP contribution is 2.15. The van der Waals surface area contributed by atoms with Crippen molar-refractivity contribution in [3.8, 4) is 0 Å². The molecule has 2 N–H and O–H groups in total. The van der Waals surface area contributed by atoms with Gasteiger partial charge in [0, 0.05) is 23.5 Å². The summed E-state index contributed by atoms with van der Waals surface area (Å²) >= 11 is 4.82. The van der Waals surface area contributed by atoms with Crippen molar-refractivity contribution >= 4 is 44.9 Å². The Morgan fingerprint density at radius 1 is 1.19 bits per heavy atom. The summed E-state index contributed by atoms with van der Waals surface area (Å²) in [6.45, 7) is 0.833. The fourth-order valence-electron chi connectivity index (χ4n) is 2.36. The number of amides is 2. The fraction of sp³-hybridized carbons (Fsp3) is 0.167. The number of carbonyl (C=O) groups is 2. The molecule has 0 atom stereocenters. The van der Waals surface area contributed by atoms with Gasteiger partial charge in [0.25, 0.3) is 5.91 Å². The van der Waals surface area contributed by atoms with Crippen LogP contribution in [0, 0.1) is 0 Å². The minimum Gasteiger partial charge on any atom is -0.351 e. The quantitative estimate of drug-likeness (QED) is 0.599. The van der Waals surface area contributed by atoms with Crippen LogP contribution in [0.15, 0.2) is 58.5 Å². The Balaban J connectivity index is 1.50. The van der Waals surface area contributed by atoms with Crippen molar-refractivity contribution in [3.05, 3.63) is 69.0 Å². The largest absolute Gasteiger partial charge is 0.351 e. The van der Waals surface area contributed by atoms with Gasteiger partial charge in [0.05, 0.1) is 17.6 Å². The molecular weight excluding hydrogens is 416 g/mol. The van der Waals surface area contributed by atoms with Crippen LogP contribution in [0.2, 0.25) is 0 Å². The molecule has 26 heavy (non-hydrogen) atoms. The Morgan fingerprint density at radius 3 is 2.85 bits per heavy atom. The third kappa shape index (κ3) is 5.03. The maximum absolute atomic E-state index is 12.1. The van der Waals surface area contributed by atoms with Gasteiger partial charge in [0.1, 0.15) is 5.82 Å². The molecule has 0 saturated carbocycles. The Labute approximate surface area is 163 Å². The Morgan fingerprint density at radius 2 is 2.08 bits per heavy atom. The molecular formula is C18H17BrN4O2S. The molecule has 0 aliphatic carbocycles. The van der Waals surface area contributed by atoms with Crippen LogP contribution < -0.4 is 10.6 Å². The van der Waals surface area contributed by atoms with Crippen LogP contribution in [0.4, 0.5) is 5.82 Å². The third-order valence-electron chi connectivity index (χ3n) is 3.59. The summed E-state index contributed by atoms with van der Waals surface area (Å²) in [5, 5.41) is 11.7. The second-order valence-corrected chi connectivity index (χ2v) is 7.40. The van der Waals surface area contributed by atoms with Gasteiger partial charge in [-0.25, -0.2) is 4.68 Å². The van der Waals surface area contributed by atoms with Gasteiger partial charge in [-0.1, -0.05) is 34.1 Å². The summed E-state index contributed by atoms with van der Waals surface area (Å²) in [6, 6.07) is 13.2. The summed E-state index contributed by atoms with van der Waals surface area (Å²) < 4.78 is 2.72. The second-order valence-electron chi connectivity index (χ2n) is 5.54. The molecule has 0 aliphatic rings. The molecule has 2 amide bonds. The molecule has 1 aromatic carbocycles. The average Bonchev–Trinajstić information content (AvgIpc) is 3.27. The molecule has 0 saturated heterocycles. The van der Waals surface area contributed by atoms with Gasteiger partial charge in [-0.05, 0) is 29.1 Å². The van der Waals surface area contributed by atoms with Crippen LogP contribution in [0.3, 0.4) is 0 Å². The summed E-state index contributed by atoms with van der Waals surface area (Å²) in [5.41, 5.74) is 1.07. The van der Waals surface area contributed by atoms with Gasteiger partial charge >= 0.3 is 0 Å². The van der Waals surface area contributed by atoms with Crippen molar-refractivity contribution in [3.63, 3.8) is 0 Å². The highest BCUT2D eigenvalue weighted by molar-refractivity contribution is 9.10. The van der Waals surface area contributed by atoms with Crippen molar-refractivity contribution in [1.82, 2.24) is 15.1 Å². The summed E-state index contributed by atoms with van der Waals surface area (Å²) in [5.74, 6) is 0.291. The van der Waals surface area contributed by atoms with Crippen LogP contribution >= 0.6 is 27.3 Å². The molecule has 6 nitrogen and oxygen atoms in total. The molecule has 3 aromatic rings. The predicted octanol–water partition coefficient (Wildman–Crippen LogP) is 3.51. The lowest BCUT2D eigenvalue weighted by Crippen LogP contribution is -2.27. The lowest BCUT2D eigenvalue weighted by atomic mass is 10.2. The zero-order valence-electron chi connectivity index (χ0n) is 13.8. The van der Waals surface area contributed by atoms with Crippen molar-refractivity contribution in [1.29, 1.82) is 0 Å². The number of anilines is 1. The molecule has 134 valence electrons. The van der Waals surface area contributed by atoms with Gasteiger partial charge in [0.2, 0.25) is 5.91 Å². The lowest BCUT2D eigenvalue weighted by Gasteiger charge is -2.10. The average molecular weight is 433 g/mol. The molecule has 2 heterocycles. The normalized spacial score (nSPS) is 10.5. The van der Waals surface area contributed by atoms with E-state index >= 15 is 0 Å². The monoisotopic (exact) mass is 432 g/mol. The first kappa shape index (κ1) is 18.3. The molecule has 0 aliphatic heterocycles. The summed E-state index contributed by atoms with van der Waals surface area (Å²) in [7, 11) is 0. The van der Waals surface area contributed by atoms with Crippen LogP contribution in [-0.2, 0) is 11.3 Å². The highest BCUT2D eigenvalue weighted by atomic mass is 79.9. The Kier molecular flexibility index (Phi) is 6.19. The van der Waals surface area contributed by atoms with E-state index in [0.29, 0.717) is 17.2 Å². The van der Waals surface area contributed by atoms with Crippen molar-refractivity contribution in [2.24, 2.45) is 0 Å². The number of thiophene rings is 1. The van der Waals surface area contributed by atoms with E-state index in [2.05, 4.69) is 31.7 Å². The maximum atomic E-state index is 12.1. The number of aromatic nitrogens is 2. The van der Waals surface area contributed by atoms with Crippen molar-refractivity contribution in [2.45, 2.75) is 13.0 Å². The van der Waals surface area contributed by atoms with E-state index in [-0.39, 0.29) is 24.8 Å². The van der Waals surface area contributed by atoms with Gasteiger partial charge in [-0.2, -0.15) is 5.10 Å². The Bertz CT molecular complexity index is 892. The van der Waals surface area contributed by atoms with E-state index in [1.165, 1.54) is 11.3 Å². The zero-order valence-corrected chi connectivity index (χ0v) is 16.2. The Hall–Kier alpha value is -2.45. The molecule has 0 unspecified atom stereocenters. The summed E-state index contributed by atoms with van der Waals surface area (Å²) in [6.07, 6.45) is 1.84. The van der Waals surface area contributed by atoms with E-state index in [9.17, 15) is 9.59 Å². The van der Waals surface area contributed by atoms with Crippen molar-refractivity contribution < 1.29 is 9.59 Å².